The number of carbonyl (C=O) groups excluding carboxylic acids is 1. The van der Waals surface area contributed by atoms with Crippen LogP contribution in [0.1, 0.15) is 31.1 Å². The number of unbranched alkanes of at least 4 members (excludes halogenated alkanes) is 1. The van der Waals surface area contributed by atoms with Gasteiger partial charge in [-0.05, 0) is 60.9 Å². The summed E-state index contributed by atoms with van der Waals surface area (Å²) in [5, 5.41) is 3.86. The summed E-state index contributed by atoms with van der Waals surface area (Å²) in [5.41, 5.74) is 2.89. The zero-order valence-corrected chi connectivity index (χ0v) is 15.7. The van der Waals surface area contributed by atoms with Gasteiger partial charge in [-0.1, -0.05) is 41.4 Å². The van der Waals surface area contributed by atoms with Gasteiger partial charge >= 0.3 is 0 Å². The molecule has 0 atom stereocenters. The van der Waals surface area contributed by atoms with Crippen LogP contribution in [0.25, 0.3) is 17.0 Å². The highest BCUT2D eigenvalue weighted by Crippen LogP contribution is 2.24. The minimum atomic E-state index is -0.178. The minimum absolute atomic E-state index is 0.178. The van der Waals surface area contributed by atoms with E-state index in [1.165, 1.54) is 24.5 Å². The molecule has 1 amide bonds. The number of anilines is 1. The number of halogens is 1. The molecule has 128 valence electrons. The summed E-state index contributed by atoms with van der Waals surface area (Å²) < 4.78 is 6.69. The van der Waals surface area contributed by atoms with Crippen molar-refractivity contribution in [2.24, 2.45) is 0 Å². The Bertz CT molecular complexity index is 894. The van der Waals surface area contributed by atoms with Gasteiger partial charge in [0, 0.05) is 21.6 Å². The topological polar surface area (TPSA) is 42.2 Å². The first-order chi connectivity index (χ1) is 12.1. The second-order valence-electron chi connectivity index (χ2n) is 5.95. The third kappa shape index (κ3) is 4.83. The highest BCUT2D eigenvalue weighted by Gasteiger charge is 2.03. The van der Waals surface area contributed by atoms with E-state index in [9.17, 15) is 4.79 Å². The quantitative estimate of drug-likeness (QED) is 0.503. The van der Waals surface area contributed by atoms with Gasteiger partial charge in [-0.2, -0.15) is 0 Å². The second kappa shape index (κ2) is 8.17. The molecular weight excluding hydrogens is 378 g/mol. The maximum absolute atomic E-state index is 12.1. The lowest BCUT2D eigenvalue weighted by Gasteiger charge is -2.04. The normalized spacial score (nSPS) is 11.3. The second-order valence-corrected chi connectivity index (χ2v) is 6.87. The smallest absolute Gasteiger partial charge is 0.248 e. The van der Waals surface area contributed by atoms with Crippen molar-refractivity contribution >= 4 is 44.6 Å². The van der Waals surface area contributed by atoms with Crippen molar-refractivity contribution in [1.29, 1.82) is 0 Å². The van der Waals surface area contributed by atoms with Gasteiger partial charge in [-0.3, -0.25) is 4.79 Å². The van der Waals surface area contributed by atoms with E-state index in [-0.39, 0.29) is 5.91 Å². The molecule has 0 fully saturated rings. The van der Waals surface area contributed by atoms with Gasteiger partial charge in [0.15, 0.2) is 0 Å². The Morgan fingerprint density at radius 2 is 1.96 bits per heavy atom. The Morgan fingerprint density at radius 1 is 1.16 bits per heavy atom. The number of hydrogen-bond acceptors (Lipinski definition) is 2. The summed E-state index contributed by atoms with van der Waals surface area (Å²) in [6.45, 7) is 2.18. The molecule has 1 N–H and O–H groups in total. The van der Waals surface area contributed by atoms with E-state index < -0.39 is 0 Å². The fourth-order valence-electron chi connectivity index (χ4n) is 2.59. The van der Waals surface area contributed by atoms with Crippen molar-refractivity contribution in [3.63, 3.8) is 0 Å². The van der Waals surface area contributed by atoms with Crippen molar-refractivity contribution in [3.8, 4) is 0 Å². The van der Waals surface area contributed by atoms with E-state index in [4.69, 9.17) is 4.42 Å². The summed E-state index contributed by atoms with van der Waals surface area (Å²) in [4.78, 5) is 12.1. The highest BCUT2D eigenvalue weighted by atomic mass is 79.9. The molecule has 0 spiro atoms. The molecule has 0 aliphatic heterocycles. The number of nitrogens with one attached hydrogen (secondary N) is 1. The van der Waals surface area contributed by atoms with Gasteiger partial charge in [0.1, 0.15) is 11.3 Å². The molecule has 3 aromatic rings. The van der Waals surface area contributed by atoms with E-state index >= 15 is 0 Å². The number of amides is 1. The van der Waals surface area contributed by atoms with Gasteiger partial charge < -0.3 is 9.73 Å². The number of rotatable bonds is 6. The molecule has 25 heavy (non-hydrogen) atoms. The summed E-state index contributed by atoms with van der Waals surface area (Å²) in [6, 6.07) is 15.7. The zero-order valence-electron chi connectivity index (χ0n) is 14.1. The molecule has 3 rings (SSSR count). The van der Waals surface area contributed by atoms with Crippen LogP contribution in [0, 0.1) is 0 Å². The van der Waals surface area contributed by atoms with Crippen LogP contribution in [-0.2, 0) is 11.2 Å². The first-order valence-electron chi connectivity index (χ1n) is 8.41. The van der Waals surface area contributed by atoms with E-state index in [0.717, 1.165) is 27.6 Å². The van der Waals surface area contributed by atoms with Crippen molar-refractivity contribution in [2.75, 3.05) is 5.32 Å². The molecule has 0 saturated carbocycles. The standard InChI is InChI=1S/C21H20BrNO2/c1-2-3-4-15-5-8-18(9-6-15)23-21(24)12-10-19-14-16-13-17(22)7-11-20(16)25-19/h5-14H,2-4H2,1H3,(H,23,24)/b12-10+. The average Bonchev–Trinajstić information content (AvgIpc) is 3.01. The maximum Gasteiger partial charge on any atom is 0.248 e. The Hall–Kier alpha value is -2.33. The lowest BCUT2D eigenvalue weighted by atomic mass is 10.1. The molecule has 0 aliphatic carbocycles. The van der Waals surface area contributed by atoms with Gasteiger partial charge in [0.2, 0.25) is 5.91 Å². The summed E-state index contributed by atoms with van der Waals surface area (Å²) in [5.74, 6) is 0.473. The summed E-state index contributed by atoms with van der Waals surface area (Å²) in [6.07, 6.45) is 6.61. The summed E-state index contributed by atoms with van der Waals surface area (Å²) in [7, 11) is 0. The first kappa shape index (κ1) is 17.5. The molecule has 4 heteroatoms. The molecule has 0 bridgehead atoms. The fraction of sp³-hybridized carbons (Fsp3) is 0.190. The van der Waals surface area contributed by atoms with Crippen LogP contribution in [0.3, 0.4) is 0 Å². The monoisotopic (exact) mass is 397 g/mol. The van der Waals surface area contributed by atoms with Gasteiger partial charge in [-0.15, -0.1) is 0 Å². The number of aryl methyl sites for hydroxylation is 1. The fourth-order valence-corrected chi connectivity index (χ4v) is 2.97. The Morgan fingerprint density at radius 3 is 2.72 bits per heavy atom. The van der Waals surface area contributed by atoms with Crippen LogP contribution < -0.4 is 5.32 Å². The Labute approximate surface area is 155 Å². The van der Waals surface area contributed by atoms with Crippen LogP contribution in [0.2, 0.25) is 0 Å². The van der Waals surface area contributed by atoms with Gasteiger partial charge in [0.25, 0.3) is 0 Å². The largest absolute Gasteiger partial charge is 0.457 e. The van der Waals surface area contributed by atoms with Crippen LogP contribution in [0.4, 0.5) is 5.69 Å². The van der Waals surface area contributed by atoms with Crippen LogP contribution in [0.5, 0.6) is 0 Å². The van der Waals surface area contributed by atoms with Crippen LogP contribution in [0.15, 0.2) is 63.5 Å². The third-order valence-electron chi connectivity index (χ3n) is 3.94. The van der Waals surface area contributed by atoms with Crippen LogP contribution in [-0.4, -0.2) is 5.91 Å². The zero-order chi connectivity index (χ0) is 17.6. The van der Waals surface area contributed by atoms with Crippen molar-refractivity contribution in [2.45, 2.75) is 26.2 Å². The molecule has 2 aromatic carbocycles. The Kier molecular flexibility index (Phi) is 5.71. The average molecular weight is 398 g/mol. The molecule has 1 heterocycles. The minimum Gasteiger partial charge on any atom is -0.457 e. The number of fused-ring (bicyclic) bond motifs is 1. The SMILES string of the molecule is CCCCc1ccc(NC(=O)/C=C/c2cc3cc(Br)ccc3o2)cc1. The number of benzene rings is 2. The van der Waals surface area contributed by atoms with E-state index in [1.54, 1.807) is 6.08 Å². The predicted octanol–water partition coefficient (Wildman–Crippen LogP) is 6.19. The summed E-state index contributed by atoms with van der Waals surface area (Å²) >= 11 is 3.44. The van der Waals surface area contributed by atoms with E-state index in [2.05, 4.69) is 40.3 Å². The lowest BCUT2D eigenvalue weighted by molar-refractivity contribution is -0.111. The molecule has 1 aromatic heterocycles. The molecule has 0 radical (unpaired) electrons. The number of furan rings is 1. The van der Waals surface area contributed by atoms with Crippen molar-refractivity contribution in [1.82, 2.24) is 0 Å². The number of carbonyl (C=O) groups is 1. The van der Waals surface area contributed by atoms with Gasteiger partial charge in [0.05, 0.1) is 0 Å². The first-order valence-corrected chi connectivity index (χ1v) is 9.20. The van der Waals surface area contributed by atoms with Crippen LogP contribution >= 0.6 is 15.9 Å². The van der Waals surface area contributed by atoms with Crippen molar-refractivity contribution in [3.05, 3.63) is 70.4 Å². The highest BCUT2D eigenvalue weighted by molar-refractivity contribution is 9.10. The molecule has 0 aliphatic rings. The van der Waals surface area contributed by atoms with Gasteiger partial charge in [-0.25, -0.2) is 0 Å². The lowest BCUT2D eigenvalue weighted by Crippen LogP contribution is -2.07. The molecular formula is C21H20BrNO2. The number of hydrogen-bond donors (Lipinski definition) is 1. The Balaban J connectivity index is 1.61. The van der Waals surface area contributed by atoms with E-state index in [0.29, 0.717) is 5.76 Å². The van der Waals surface area contributed by atoms with Crippen molar-refractivity contribution < 1.29 is 9.21 Å². The predicted molar refractivity (Wildman–Crippen MR) is 107 cm³/mol. The molecule has 0 unspecified atom stereocenters. The maximum atomic E-state index is 12.1. The molecule has 0 saturated heterocycles. The molecule has 3 nitrogen and oxygen atoms in total. The third-order valence-corrected chi connectivity index (χ3v) is 4.43. The van der Waals surface area contributed by atoms with E-state index in [1.807, 2.05) is 36.4 Å².